The van der Waals surface area contributed by atoms with Crippen molar-refractivity contribution < 1.29 is 9.53 Å². The monoisotopic (exact) mass is 432 g/mol. The first-order valence-corrected chi connectivity index (χ1v) is 11.2. The Labute approximate surface area is 187 Å². The van der Waals surface area contributed by atoms with Gasteiger partial charge in [-0.25, -0.2) is 9.97 Å². The van der Waals surface area contributed by atoms with Crippen molar-refractivity contribution in [1.82, 2.24) is 19.9 Å². The highest BCUT2D eigenvalue weighted by atomic mass is 16.5. The molecule has 2 aliphatic rings. The molecule has 2 aromatic heterocycles. The van der Waals surface area contributed by atoms with Gasteiger partial charge in [0.05, 0.1) is 24.9 Å². The molecule has 0 aliphatic carbocycles. The first kappa shape index (κ1) is 20.5. The van der Waals surface area contributed by atoms with Crippen LogP contribution in [-0.2, 0) is 4.79 Å². The van der Waals surface area contributed by atoms with E-state index in [0.29, 0.717) is 5.65 Å². The Kier molecular flexibility index (Phi) is 5.75. The minimum Gasteiger partial charge on any atom is -0.497 e. The van der Waals surface area contributed by atoms with Crippen LogP contribution in [-0.4, -0.2) is 72.1 Å². The summed E-state index contributed by atoms with van der Waals surface area (Å²) in [6.45, 7) is 4.87. The van der Waals surface area contributed by atoms with Crippen LogP contribution in [0.1, 0.15) is 12.8 Å². The van der Waals surface area contributed by atoms with Crippen LogP contribution < -0.4 is 14.5 Å². The van der Waals surface area contributed by atoms with Crippen LogP contribution >= 0.6 is 0 Å². The standard InChI is InChI=1S/C24H28N6O2/c1-32-21-6-4-19(5-7-21)28-11-13-29(14-12-28)24(31)18-3-2-10-30(17-18)20-15-22-23(27-16-20)26-9-8-25-22/h4-9,15-16,18H,2-3,10-14,17H2,1H3/t18-/m0/s1. The van der Waals surface area contributed by atoms with Crippen molar-refractivity contribution in [3.05, 3.63) is 48.9 Å². The van der Waals surface area contributed by atoms with E-state index in [1.54, 1.807) is 19.5 Å². The number of pyridine rings is 1. The largest absolute Gasteiger partial charge is 0.497 e. The maximum absolute atomic E-state index is 13.3. The normalized spacial score (nSPS) is 19.3. The molecule has 0 bridgehead atoms. The summed E-state index contributed by atoms with van der Waals surface area (Å²) in [6, 6.07) is 10.2. The summed E-state index contributed by atoms with van der Waals surface area (Å²) in [5.41, 5.74) is 3.62. The molecular weight excluding hydrogens is 404 g/mol. The number of fused-ring (bicyclic) bond motifs is 1. The number of benzene rings is 1. The van der Waals surface area contributed by atoms with Crippen LogP contribution in [0.15, 0.2) is 48.9 Å². The van der Waals surface area contributed by atoms with Gasteiger partial charge < -0.3 is 19.4 Å². The fourth-order valence-electron chi connectivity index (χ4n) is 4.67. The molecule has 1 amide bonds. The predicted molar refractivity (Wildman–Crippen MR) is 124 cm³/mol. The molecule has 32 heavy (non-hydrogen) atoms. The molecule has 0 saturated carbocycles. The Balaban J connectivity index is 1.20. The highest BCUT2D eigenvalue weighted by Crippen LogP contribution is 2.26. The molecule has 5 rings (SSSR count). The third-order valence-corrected chi connectivity index (χ3v) is 6.47. The number of hydrogen-bond acceptors (Lipinski definition) is 7. The lowest BCUT2D eigenvalue weighted by Crippen LogP contribution is -2.52. The number of carbonyl (C=O) groups is 1. The zero-order chi connectivity index (χ0) is 21.9. The van der Waals surface area contributed by atoms with Crippen molar-refractivity contribution in [2.24, 2.45) is 5.92 Å². The molecule has 0 radical (unpaired) electrons. The van der Waals surface area contributed by atoms with Gasteiger partial charge in [-0.1, -0.05) is 0 Å². The van der Waals surface area contributed by atoms with Gasteiger partial charge in [0.15, 0.2) is 5.65 Å². The molecule has 1 aromatic carbocycles. The zero-order valence-electron chi connectivity index (χ0n) is 18.4. The van der Waals surface area contributed by atoms with Gasteiger partial charge in [0.2, 0.25) is 5.91 Å². The van der Waals surface area contributed by atoms with Crippen LogP contribution in [0.25, 0.3) is 11.2 Å². The highest BCUT2D eigenvalue weighted by Gasteiger charge is 2.31. The van der Waals surface area contributed by atoms with E-state index in [0.717, 1.165) is 69.1 Å². The fraction of sp³-hybridized carbons (Fsp3) is 0.417. The summed E-state index contributed by atoms with van der Waals surface area (Å²) in [6.07, 6.45) is 7.12. The minimum atomic E-state index is 0.0221. The van der Waals surface area contributed by atoms with Gasteiger partial charge in [-0.05, 0) is 43.2 Å². The molecule has 1 atom stereocenters. The van der Waals surface area contributed by atoms with Crippen molar-refractivity contribution in [2.75, 3.05) is 56.2 Å². The second-order valence-electron chi connectivity index (χ2n) is 8.39. The van der Waals surface area contributed by atoms with Crippen LogP contribution in [0.5, 0.6) is 5.75 Å². The Hall–Kier alpha value is -3.42. The van der Waals surface area contributed by atoms with Gasteiger partial charge in [0.25, 0.3) is 0 Å². The number of rotatable bonds is 4. The van der Waals surface area contributed by atoms with E-state index in [-0.39, 0.29) is 11.8 Å². The predicted octanol–water partition coefficient (Wildman–Crippen LogP) is 2.60. The quantitative estimate of drug-likeness (QED) is 0.627. The molecule has 166 valence electrons. The summed E-state index contributed by atoms with van der Waals surface area (Å²) >= 11 is 0. The number of piperazine rings is 1. The Morgan fingerprint density at radius 2 is 1.72 bits per heavy atom. The summed E-state index contributed by atoms with van der Waals surface area (Å²) in [5, 5.41) is 0. The lowest BCUT2D eigenvalue weighted by Gasteiger charge is -2.40. The first-order valence-electron chi connectivity index (χ1n) is 11.2. The Morgan fingerprint density at radius 1 is 0.938 bits per heavy atom. The first-order chi connectivity index (χ1) is 15.7. The number of carbonyl (C=O) groups excluding carboxylic acids is 1. The van der Waals surface area contributed by atoms with E-state index in [9.17, 15) is 4.79 Å². The number of hydrogen-bond donors (Lipinski definition) is 0. The number of methoxy groups -OCH3 is 1. The topological polar surface area (TPSA) is 74.7 Å². The number of aromatic nitrogens is 3. The van der Waals surface area contributed by atoms with Gasteiger partial charge in [0, 0.05) is 57.3 Å². The van der Waals surface area contributed by atoms with E-state index >= 15 is 0 Å². The second-order valence-corrected chi connectivity index (χ2v) is 8.39. The average Bonchev–Trinajstić information content (AvgIpc) is 2.88. The molecule has 0 unspecified atom stereocenters. The highest BCUT2D eigenvalue weighted by molar-refractivity contribution is 5.80. The Bertz CT molecular complexity index is 1080. The third-order valence-electron chi connectivity index (χ3n) is 6.47. The average molecular weight is 433 g/mol. The van der Waals surface area contributed by atoms with Crippen molar-refractivity contribution in [1.29, 1.82) is 0 Å². The van der Waals surface area contributed by atoms with E-state index < -0.39 is 0 Å². The number of piperidine rings is 1. The van der Waals surface area contributed by atoms with E-state index in [1.807, 2.05) is 29.3 Å². The van der Waals surface area contributed by atoms with Crippen molar-refractivity contribution in [3.8, 4) is 5.75 Å². The van der Waals surface area contributed by atoms with Crippen molar-refractivity contribution in [2.45, 2.75) is 12.8 Å². The maximum Gasteiger partial charge on any atom is 0.227 e. The van der Waals surface area contributed by atoms with Gasteiger partial charge in [-0.2, -0.15) is 0 Å². The van der Waals surface area contributed by atoms with Gasteiger partial charge in [-0.3, -0.25) is 9.78 Å². The van der Waals surface area contributed by atoms with Crippen molar-refractivity contribution in [3.63, 3.8) is 0 Å². The lowest BCUT2D eigenvalue weighted by atomic mass is 9.95. The van der Waals surface area contributed by atoms with Crippen LogP contribution in [0, 0.1) is 5.92 Å². The molecule has 2 fully saturated rings. The number of anilines is 2. The summed E-state index contributed by atoms with van der Waals surface area (Å²) in [5.74, 6) is 1.16. The Morgan fingerprint density at radius 3 is 2.50 bits per heavy atom. The molecule has 2 aliphatic heterocycles. The number of ether oxygens (including phenoxy) is 1. The van der Waals surface area contributed by atoms with Gasteiger partial charge in [-0.15, -0.1) is 0 Å². The molecule has 8 heteroatoms. The van der Waals surface area contributed by atoms with E-state index in [2.05, 4.69) is 36.9 Å². The molecular formula is C24H28N6O2. The molecule has 4 heterocycles. The molecule has 0 spiro atoms. The van der Waals surface area contributed by atoms with E-state index in [4.69, 9.17) is 4.74 Å². The molecule has 2 saturated heterocycles. The molecule has 0 N–H and O–H groups in total. The fourth-order valence-corrected chi connectivity index (χ4v) is 4.67. The smallest absolute Gasteiger partial charge is 0.227 e. The number of amides is 1. The zero-order valence-corrected chi connectivity index (χ0v) is 18.4. The van der Waals surface area contributed by atoms with Crippen LogP contribution in [0.4, 0.5) is 11.4 Å². The minimum absolute atomic E-state index is 0.0221. The van der Waals surface area contributed by atoms with Gasteiger partial charge in [0.1, 0.15) is 11.3 Å². The third kappa shape index (κ3) is 4.17. The SMILES string of the molecule is COc1ccc(N2CCN(C(=O)[C@H]3CCCN(c4cnc5nccnc5c4)C3)CC2)cc1. The number of nitrogens with zero attached hydrogens (tertiary/aromatic N) is 6. The summed E-state index contributed by atoms with van der Waals surface area (Å²) in [4.78, 5) is 33.0. The molecule has 3 aromatic rings. The summed E-state index contributed by atoms with van der Waals surface area (Å²) < 4.78 is 5.25. The van der Waals surface area contributed by atoms with Crippen LogP contribution in [0.3, 0.4) is 0 Å². The van der Waals surface area contributed by atoms with E-state index in [1.165, 1.54) is 5.69 Å². The maximum atomic E-state index is 13.3. The summed E-state index contributed by atoms with van der Waals surface area (Å²) in [7, 11) is 1.68. The lowest BCUT2D eigenvalue weighted by molar-refractivity contribution is -0.136. The van der Waals surface area contributed by atoms with Crippen LogP contribution in [0.2, 0.25) is 0 Å². The molecule has 8 nitrogen and oxygen atoms in total. The van der Waals surface area contributed by atoms with Crippen molar-refractivity contribution >= 4 is 28.4 Å². The second kappa shape index (κ2) is 8.98. The van der Waals surface area contributed by atoms with Gasteiger partial charge >= 0.3 is 0 Å².